The van der Waals surface area contributed by atoms with Gasteiger partial charge in [-0.15, -0.1) is 12.4 Å². The van der Waals surface area contributed by atoms with E-state index in [1.54, 1.807) is 0 Å². The fourth-order valence-electron chi connectivity index (χ4n) is 3.52. The fourth-order valence-corrected chi connectivity index (χ4v) is 3.52. The molecule has 0 amide bonds. The van der Waals surface area contributed by atoms with Crippen molar-refractivity contribution in [3.63, 3.8) is 0 Å². The Morgan fingerprint density at radius 2 is 1.83 bits per heavy atom. The molecule has 2 nitrogen and oxygen atoms in total. The van der Waals surface area contributed by atoms with Gasteiger partial charge in [-0.25, -0.2) is 4.39 Å². The molecule has 1 saturated heterocycles. The Bertz CT molecular complexity index is 516. The molecule has 1 unspecified atom stereocenters. The van der Waals surface area contributed by atoms with Crippen molar-refractivity contribution in [1.82, 2.24) is 10.2 Å². The van der Waals surface area contributed by atoms with Crippen LogP contribution in [0, 0.1) is 11.7 Å². The lowest BCUT2D eigenvalue weighted by Crippen LogP contribution is -2.47. The maximum absolute atomic E-state index is 14.0. The zero-order chi connectivity index (χ0) is 17.0. The summed E-state index contributed by atoms with van der Waals surface area (Å²) in [7, 11) is 0. The van der Waals surface area contributed by atoms with Gasteiger partial charge >= 0.3 is 6.18 Å². The van der Waals surface area contributed by atoms with E-state index in [9.17, 15) is 17.6 Å². The highest BCUT2D eigenvalue weighted by atomic mass is 35.5. The summed E-state index contributed by atoms with van der Waals surface area (Å²) in [6.07, 6.45) is -2.98. The Balaban J connectivity index is 0.00000288. The van der Waals surface area contributed by atoms with E-state index in [2.05, 4.69) is 10.2 Å². The standard InChI is InChI=1S/C17H24F4N2.ClH/c1-3-5-12(2)16(23-10-8-22-9-11-23)13-6-4-7-14(18)15(13)17(19,20)21;/h4,6-7,12,16,22H,3,5,8-11H2,1-2H3;1H/t12?,16-;/m0./s1. The van der Waals surface area contributed by atoms with Gasteiger partial charge in [0.2, 0.25) is 0 Å². The molecule has 0 aromatic heterocycles. The molecule has 1 aliphatic heterocycles. The van der Waals surface area contributed by atoms with Gasteiger partial charge < -0.3 is 5.32 Å². The van der Waals surface area contributed by atoms with Gasteiger partial charge in [0.15, 0.2) is 0 Å². The molecule has 2 rings (SSSR count). The van der Waals surface area contributed by atoms with E-state index in [1.807, 2.05) is 13.8 Å². The second kappa shape index (κ2) is 9.02. The van der Waals surface area contributed by atoms with E-state index in [1.165, 1.54) is 12.1 Å². The number of rotatable bonds is 5. The second-order valence-corrected chi connectivity index (χ2v) is 6.20. The van der Waals surface area contributed by atoms with Gasteiger partial charge in [0.1, 0.15) is 5.82 Å². The van der Waals surface area contributed by atoms with Crippen molar-refractivity contribution in [3.8, 4) is 0 Å². The number of halogens is 5. The zero-order valence-corrected chi connectivity index (χ0v) is 14.8. The van der Waals surface area contributed by atoms with Crippen LogP contribution in [0.3, 0.4) is 0 Å². The first-order valence-corrected chi connectivity index (χ1v) is 8.16. The van der Waals surface area contributed by atoms with Gasteiger partial charge in [-0.05, 0) is 24.0 Å². The lowest BCUT2D eigenvalue weighted by atomic mass is 9.86. The lowest BCUT2D eigenvalue weighted by molar-refractivity contribution is -0.141. The molecule has 1 fully saturated rings. The zero-order valence-electron chi connectivity index (χ0n) is 14.0. The number of benzene rings is 1. The monoisotopic (exact) mass is 368 g/mol. The molecule has 138 valence electrons. The average Bonchev–Trinajstić information content (AvgIpc) is 2.47. The minimum atomic E-state index is -4.68. The number of piperazine rings is 1. The van der Waals surface area contributed by atoms with E-state index < -0.39 is 23.6 Å². The Morgan fingerprint density at radius 3 is 2.38 bits per heavy atom. The molecule has 0 aliphatic carbocycles. The third-order valence-electron chi connectivity index (χ3n) is 4.48. The van der Waals surface area contributed by atoms with Crippen molar-refractivity contribution in [1.29, 1.82) is 0 Å². The van der Waals surface area contributed by atoms with Crippen LogP contribution >= 0.6 is 12.4 Å². The number of nitrogens with zero attached hydrogens (tertiary/aromatic N) is 1. The minimum absolute atomic E-state index is 0. The largest absolute Gasteiger partial charge is 0.419 e. The number of hydrogen-bond donors (Lipinski definition) is 1. The smallest absolute Gasteiger partial charge is 0.314 e. The summed E-state index contributed by atoms with van der Waals surface area (Å²) in [5.74, 6) is -1.15. The number of nitrogens with one attached hydrogen (secondary N) is 1. The summed E-state index contributed by atoms with van der Waals surface area (Å²) in [4.78, 5) is 2.06. The van der Waals surface area contributed by atoms with E-state index in [0.29, 0.717) is 13.1 Å². The molecule has 1 aromatic rings. The maximum atomic E-state index is 14.0. The quantitative estimate of drug-likeness (QED) is 0.761. The van der Waals surface area contributed by atoms with Crippen LogP contribution in [0.25, 0.3) is 0 Å². The Hall–Kier alpha value is -0.850. The van der Waals surface area contributed by atoms with Crippen LogP contribution in [-0.2, 0) is 6.18 Å². The first-order chi connectivity index (χ1) is 10.9. The van der Waals surface area contributed by atoms with Crippen LogP contribution in [0.15, 0.2) is 18.2 Å². The topological polar surface area (TPSA) is 15.3 Å². The van der Waals surface area contributed by atoms with E-state index in [-0.39, 0.29) is 23.9 Å². The van der Waals surface area contributed by atoms with Crippen LogP contribution in [0.4, 0.5) is 17.6 Å². The van der Waals surface area contributed by atoms with E-state index >= 15 is 0 Å². The van der Waals surface area contributed by atoms with Gasteiger partial charge in [-0.3, -0.25) is 4.90 Å². The molecule has 0 saturated carbocycles. The Labute approximate surface area is 147 Å². The molecule has 7 heteroatoms. The highest BCUT2D eigenvalue weighted by molar-refractivity contribution is 5.85. The summed E-state index contributed by atoms with van der Waals surface area (Å²) < 4.78 is 54.2. The van der Waals surface area contributed by atoms with Crippen molar-refractivity contribution < 1.29 is 17.6 Å². The molecule has 2 atom stereocenters. The summed E-state index contributed by atoms with van der Waals surface area (Å²) >= 11 is 0. The van der Waals surface area contributed by atoms with Gasteiger partial charge in [0.05, 0.1) is 5.56 Å². The SMILES string of the molecule is CCCC(C)[C@@H](c1cccc(F)c1C(F)(F)F)N1CCNCC1.Cl. The molecule has 1 aliphatic rings. The predicted octanol–water partition coefficient (Wildman–Crippen LogP) is 4.65. The van der Waals surface area contributed by atoms with Gasteiger partial charge in [-0.1, -0.05) is 32.4 Å². The molecule has 0 radical (unpaired) electrons. The third kappa shape index (κ3) is 4.83. The Morgan fingerprint density at radius 1 is 1.21 bits per heavy atom. The fraction of sp³-hybridized carbons (Fsp3) is 0.647. The molecule has 24 heavy (non-hydrogen) atoms. The van der Waals surface area contributed by atoms with Crippen LogP contribution in [0.1, 0.15) is 43.9 Å². The number of alkyl halides is 3. The lowest BCUT2D eigenvalue weighted by Gasteiger charge is -2.39. The first kappa shape index (κ1) is 21.2. The number of hydrogen-bond acceptors (Lipinski definition) is 2. The van der Waals surface area contributed by atoms with Gasteiger partial charge in [-0.2, -0.15) is 13.2 Å². The summed E-state index contributed by atoms with van der Waals surface area (Å²) in [6.45, 7) is 6.81. The van der Waals surface area contributed by atoms with Gasteiger partial charge in [0.25, 0.3) is 0 Å². The van der Waals surface area contributed by atoms with Crippen molar-refractivity contribution in [2.75, 3.05) is 26.2 Å². The second-order valence-electron chi connectivity index (χ2n) is 6.20. The van der Waals surface area contributed by atoms with Crippen LogP contribution in [-0.4, -0.2) is 31.1 Å². The first-order valence-electron chi connectivity index (χ1n) is 8.16. The van der Waals surface area contributed by atoms with Crippen molar-refractivity contribution in [3.05, 3.63) is 35.1 Å². The summed E-state index contributed by atoms with van der Waals surface area (Å²) in [5.41, 5.74) is -1.04. The molecular weight excluding hydrogens is 344 g/mol. The van der Waals surface area contributed by atoms with E-state index in [0.717, 1.165) is 32.0 Å². The predicted molar refractivity (Wildman–Crippen MR) is 89.9 cm³/mol. The molecule has 1 aromatic carbocycles. The molecular formula is C17H25ClF4N2. The van der Waals surface area contributed by atoms with Gasteiger partial charge in [0, 0.05) is 32.2 Å². The van der Waals surface area contributed by atoms with Crippen LogP contribution < -0.4 is 5.32 Å². The third-order valence-corrected chi connectivity index (χ3v) is 4.48. The molecule has 1 N–H and O–H groups in total. The molecule has 0 bridgehead atoms. The van der Waals surface area contributed by atoms with Crippen molar-refractivity contribution in [2.24, 2.45) is 5.92 Å². The maximum Gasteiger partial charge on any atom is 0.419 e. The Kier molecular flexibility index (Phi) is 7.96. The molecule has 0 spiro atoms. The van der Waals surface area contributed by atoms with E-state index in [4.69, 9.17) is 0 Å². The normalized spacial score (nSPS) is 18.8. The highest BCUT2D eigenvalue weighted by Gasteiger charge is 2.40. The minimum Gasteiger partial charge on any atom is -0.314 e. The van der Waals surface area contributed by atoms with Crippen LogP contribution in [0.5, 0.6) is 0 Å². The van der Waals surface area contributed by atoms with Crippen molar-refractivity contribution >= 4 is 12.4 Å². The highest BCUT2D eigenvalue weighted by Crippen LogP contribution is 2.41. The summed E-state index contributed by atoms with van der Waals surface area (Å²) in [5, 5.41) is 3.21. The molecule has 1 heterocycles. The van der Waals surface area contributed by atoms with Crippen LogP contribution in [0.2, 0.25) is 0 Å². The average molecular weight is 369 g/mol. The van der Waals surface area contributed by atoms with Crippen molar-refractivity contribution in [2.45, 2.75) is 38.9 Å². The summed E-state index contributed by atoms with van der Waals surface area (Å²) in [6, 6.07) is 3.30.